The largest absolute Gasteiger partial charge is 0.372 e. The summed E-state index contributed by atoms with van der Waals surface area (Å²) in [7, 11) is 0. The number of morpholine rings is 1. The van der Waals surface area contributed by atoms with E-state index >= 15 is 0 Å². The molecule has 122 valence electrons. The van der Waals surface area contributed by atoms with Crippen molar-refractivity contribution in [1.82, 2.24) is 15.5 Å². The molecule has 2 aliphatic heterocycles. The van der Waals surface area contributed by atoms with Crippen LogP contribution in [0.4, 0.5) is 5.69 Å². The Morgan fingerprint density at radius 1 is 1.09 bits per heavy atom. The van der Waals surface area contributed by atoms with Gasteiger partial charge in [0.25, 0.3) is 5.89 Å². The molecule has 0 radical (unpaired) electrons. The zero-order valence-electron chi connectivity index (χ0n) is 13.2. The summed E-state index contributed by atoms with van der Waals surface area (Å²) in [5.74, 6) is 1.17. The van der Waals surface area contributed by atoms with E-state index in [0.29, 0.717) is 18.3 Å². The minimum absolute atomic E-state index is 0.141. The number of nitrogens with zero attached hydrogens (tertiary/aromatic N) is 3. The average Bonchev–Trinajstić information content (AvgIpc) is 3.14. The number of ether oxygens (including phenoxy) is 1. The number of hydrogen-bond donors (Lipinski definition) is 1. The Hall–Kier alpha value is -1.92. The minimum Gasteiger partial charge on any atom is -0.372 e. The van der Waals surface area contributed by atoms with Gasteiger partial charge in [-0.3, -0.25) is 0 Å². The topological polar surface area (TPSA) is 63.4 Å². The second kappa shape index (κ2) is 6.68. The summed E-state index contributed by atoms with van der Waals surface area (Å²) in [6, 6.07) is 8.43. The molecular weight excluding hydrogens is 292 g/mol. The van der Waals surface area contributed by atoms with Crippen LogP contribution in [0.3, 0.4) is 0 Å². The van der Waals surface area contributed by atoms with Crippen molar-refractivity contribution in [3.8, 4) is 11.4 Å². The molecular formula is C17H22N4O2. The number of piperidine rings is 1. The number of hydrogen-bond acceptors (Lipinski definition) is 6. The molecule has 1 aromatic heterocycles. The lowest BCUT2D eigenvalue weighted by atomic mass is 10.1. The van der Waals surface area contributed by atoms with Crippen molar-refractivity contribution < 1.29 is 9.26 Å². The van der Waals surface area contributed by atoms with Crippen LogP contribution in [-0.4, -0.2) is 42.9 Å². The fourth-order valence-electron chi connectivity index (χ4n) is 3.18. The van der Waals surface area contributed by atoms with Gasteiger partial charge in [0.2, 0.25) is 5.82 Å². The maximum Gasteiger partial charge on any atom is 0.257 e. The van der Waals surface area contributed by atoms with Crippen LogP contribution in [0.2, 0.25) is 0 Å². The highest BCUT2D eigenvalue weighted by Crippen LogP contribution is 2.25. The lowest BCUT2D eigenvalue weighted by Gasteiger charge is -2.28. The fraction of sp³-hybridized carbons (Fsp3) is 0.529. The van der Waals surface area contributed by atoms with E-state index in [4.69, 9.17) is 9.26 Å². The Labute approximate surface area is 135 Å². The number of rotatable bonds is 3. The van der Waals surface area contributed by atoms with Gasteiger partial charge in [0.05, 0.1) is 6.61 Å². The normalized spacial score (nSPS) is 22.3. The molecule has 1 N–H and O–H groups in total. The number of aromatic nitrogens is 2. The summed E-state index contributed by atoms with van der Waals surface area (Å²) in [5, 5.41) is 7.36. The molecule has 1 aromatic carbocycles. The third-order valence-corrected chi connectivity index (χ3v) is 4.49. The number of nitrogens with one attached hydrogen (secondary N) is 1. The Morgan fingerprint density at radius 2 is 1.91 bits per heavy atom. The molecule has 23 heavy (non-hydrogen) atoms. The molecule has 0 bridgehead atoms. The Bertz CT molecular complexity index is 628. The van der Waals surface area contributed by atoms with Gasteiger partial charge in [0.1, 0.15) is 6.10 Å². The van der Waals surface area contributed by atoms with Crippen LogP contribution >= 0.6 is 0 Å². The van der Waals surface area contributed by atoms with Gasteiger partial charge in [-0.05, 0) is 43.5 Å². The van der Waals surface area contributed by atoms with E-state index in [1.807, 2.05) is 0 Å². The molecule has 1 atom stereocenters. The SMILES string of the molecule is c1cc(N2CCCCC2)ccc1-c1noc([C@H]2CNCCO2)n1. The van der Waals surface area contributed by atoms with E-state index in [0.717, 1.165) is 31.7 Å². The maximum absolute atomic E-state index is 5.65. The van der Waals surface area contributed by atoms with Crippen molar-refractivity contribution in [2.24, 2.45) is 0 Å². The predicted octanol–water partition coefficient (Wildman–Crippen LogP) is 2.39. The molecule has 3 heterocycles. The first-order chi connectivity index (χ1) is 11.4. The molecule has 0 saturated carbocycles. The summed E-state index contributed by atoms with van der Waals surface area (Å²) in [6.45, 7) is 4.56. The summed E-state index contributed by atoms with van der Waals surface area (Å²) in [6.07, 6.45) is 3.77. The van der Waals surface area contributed by atoms with E-state index in [2.05, 4.69) is 44.6 Å². The highest BCUT2D eigenvalue weighted by molar-refractivity contribution is 5.60. The van der Waals surface area contributed by atoms with E-state index < -0.39 is 0 Å². The van der Waals surface area contributed by atoms with Gasteiger partial charge >= 0.3 is 0 Å². The second-order valence-corrected chi connectivity index (χ2v) is 6.11. The van der Waals surface area contributed by atoms with Gasteiger partial charge in [0.15, 0.2) is 0 Å². The summed E-state index contributed by atoms with van der Waals surface area (Å²) in [4.78, 5) is 6.93. The van der Waals surface area contributed by atoms with E-state index in [1.54, 1.807) is 0 Å². The van der Waals surface area contributed by atoms with E-state index in [9.17, 15) is 0 Å². The van der Waals surface area contributed by atoms with Crippen molar-refractivity contribution in [1.29, 1.82) is 0 Å². The molecule has 4 rings (SSSR count). The molecule has 2 fully saturated rings. The fourth-order valence-corrected chi connectivity index (χ4v) is 3.18. The molecule has 0 unspecified atom stereocenters. The van der Waals surface area contributed by atoms with Crippen LogP contribution in [0.1, 0.15) is 31.3 Å². The Morgan fingerprint density at radius 3 is 2.65 bits per heavy atom. The monoisotopic (exact) mass is 314 g/mol. The van der Waals surface area contributed by atoms with Crippen molar-refractivity contribution in [2.75, 3.05) is 37.7 Å². The number of benzene rings is 1. The van der Waals surface area contributed by atoms with Crippen LogP contribution in [0, 0.1) is 0 Å². The quantitative estimate of drug-likeness (QED) is 0.938. The van der Waals surface area contributed by atoms with Gasteiger partial charge in [-0.25, -0.2) is 0 Å². The Kier molecular flexibility index (Phi) is 4.26. The summed E-state index contributed by atoms with van der Waals surface area (Å²) < 4.78 is 11.0. The standard InChI is InChI=1S/C17H22N4O2/c1-2-9-21(10-3-1)14-6-4-13(5-7-14)16-19-17(23-20-16)15-12-18-8-11-22-15/h4-7,15,18H,1-3,8-12H2/t15-/m1/s1. The van der Waals surface area contributed by atoms with E-state index in [1.165, 1.54) is 24.9 Å². The predicted molar refractivity (Wildman–Crippen MR) is 87.4 cm³/mol. The summed E-state index contributed by atoms with van der Waals surface area (Å²) in [5.41, 5.74) is 2.25. The zero-order valence-corrected chi connectivity index (χ0v) is 13.2. The van der Waals surface area contributed by atoms with Crippen molar-refractivity contribution in [2.45, 2.75) is 25.4 Å². The zero-order chi connectivity index (χ0) is 15.5. The highest BCUT2D eigenvalue weighted by Gasteiger charge is 2.22. The van der Waals surface area contributed by atoms with Crippen LogP contribution in [0.5, 0.6) is 0 Å². The van der Waals surface area contributed by atoms with Crippen molar-refractivity contribution in [3.63, 3.8) is 0 Å². The van der Waals surface area contributed by atoms with Gasteiger partial charge in [-0.15, -0.1) is 0 Å². The molecule has 0 amide bonds. The van der Waals surface area contributed by atoms with Gasteiger partial charge in [-0.1, -0.05) is 5.16 Å². The van der Waals surface area contributed by atoms with Crippen LogP contribution in [0.25, 0.3) is 11.4 Å². The van der Waals surface area contributed by atoms with Crippen LogP contribution in [0.15, 0.2) is 28.8 Å². The van der Waals surface area contributed by atoms with E-state index in [-0.39, 0.29) is 6.10 Å². The number of anilines is 1. The molecule has 6 heteroatoms. The molecule has 0 aliphatic carbocycles. The average molecular weight is 314 g/mol. The third kappa shape index (κ3) is 3.23. The minimum atomic E-state index is -0.141. The third-order valence-electron chi connectivity index (χ3n) is 4.49. The lowest BCUT2D eigenvalue weighted by Crippen LogP contribution is -2.33. The van der Waals surface area contributed by atoms with Crippen molar-refractivity contribution in [3.05, 3.63) is 30.2 Å². The summed E-state index contributed by atoms with van der Waals surface area (Å²) >= 11 is 0. The van der Waals surface area contributed by atoms with Gasteiger partial charge in [-0.2, -0.15) is 4.98 Å². The van der Waals surface area contributed by atoms with Crippen molar-refractivity contribution >= 4 is 5.69 Å². The smallest absolute Gasteiger partial charge is 0.257 e. The van der Waals surface area contributed by atoms with Gasteiger partial charge in [0, 0.05) is 37.4 Å². The van der Waals surface area contributed by atoms with Crippen LogP contribution < -0.4 is 10.2 Å². The maximum atomic E-state index is 5.65. The molecule has 2 aromatic rings. The molecule has 0 spiro atoms. The first-order valence-corrected chi connectivity index (χ1v) is 8.41. The van der Waals surface area contributed by atoms with Gasteiger partial charge < -0.3 is 19.5 Å². The first kappa shape index (κ1) is 14.7. The molecule has 2 saturated heterocycles. The highest BCUT2D eigenvalue weighted by atomic mass is 16.5. The second-order valence-electron chi connectivity index (χ2n) is 6.11. The molecule has 2 aliphatic rings. The van der Waals surface area contributed by atoms with Crippen LogP contribution in [-0.2, 0) is 4.74 Å². The lowest BCUT2D eigenvalue weighted by molar-refractivity contribution is 0.00755. The molecule has 6 nitrogen and oxygen atoms in total. The first-order valence-electron chi connectivity index (χ1n) is 8.41. The Balaban J connectivity index is 1.48.